The van der Waals surface area contributed by atoms with Crippen molar-refractivity contribution < 1.29 is 4.52 Å². The highest BCUT2D eigenvalue weighted by atomic mass is 16.5. The van der Waals surface area contributed by atoms with Gasteiger partial charge in [0.15, 0.2) is 0 Å². The Labute approximate surface area is 82.8 Å². The van der Waals surface area contributed by atoms with E-state index in [2.05, 4.69) is 24.0 Å². The van der Waals surface area contributed by atoms with E-state index in [9.17, 15) is 0 Å². The average molecular weight is 188 g/mol. The van der Waals surface area contributed by atoms with Crippen LogP contribution in [0.15, 0.2) is 35.1 Å². The Morgan fingerprint density at radius 1 is 1.36 bits per heavy atom. The van der Waals surface area contributed by atoms with Gasteiger partial charge in [-0.1, -0.05) is 19.0 Å². The molecule has 0 amide bonds. The molecule has 0 fully saturated rings. The molecular weight excluding hydrogens is 176 g/mol. The van der Waals surface area contributed by atoms with Crippen molar-refractivity contribution in [2.45, 2.75) is 19.8 Å². The summed E-state index contributed by atoms with van der Waals surface area (Å²) < 4.78 is 5.20. The van der Waals surface area contributed by atoms with E-state index in [-0.39, 0.29) is 0 Å². The molecule has 2 heterocycles. The molecule has 72 valence electrons. The van der Waals surface area contributed by atoms with Gasteiger partial charge in [-0.15, -0.1) is 0 Å². The predicted molar refractivity (Wildman–Crippen MR) is 53.8 cm³/mol. The molecule has 0 radical (unpaired) electrons. The van der Waals surface area contributed by atoms with Crippen LogP contribution in [-0.2, 0) is 0 Å². The van der Waals surface area contributed by atoms with Gasteiger partial charge in [-0.3, -0.25) is 4.98 Å². The monoisotopic (exact) mass is 188 g/mol. The minimum absolute atomic E-state index is 0.368. The Balaban J connectivity index is 2.34. The third kappa shape index (κ3) is 1.66. The lowest BCUT2D eigenvalue weighted by molar-refractivity contribution is 0.373. The van der Waals surface area contributed by atoms with E-state index < -0.39 is 0 Å². The fourth-order valence-electron chi connectivity index (χ4n) is 1.21. The summed E-state index contributed by atoms with van der Waals surface area (Å²) in [6.45, 7) is 4.15. The standard InChI is InChI=1S/C11H12N2O/c1-8(2)11-6-10(13-14-11)9-4-3-5-12-7-9/h3-8H,1-2H3. The quantitative estimate of drug-likeness (QED) is 0.727. The van der Waals surface area contributed by atoms with Crippen molar-refractivity contribution in [1.82, 2.24) is 10.1 Å². The Morgan fingerprint density at radius 3 is 2.79 bits per heavy atom. The van der Waals surface area contributed by atoms with Gasteiger partial charge < -0.3 is 4.52 Å². The lowest BCUT2D eigenvalue weighted by Gasteiger charge is -1.93. The summed E-state index contributed by atoms with van der Waals surface area (Å²) in [4.78, 5) is 4.03. The molecule has 14 heavy (non-hydrogen) atoms. The number of aromatic nitrogens is 2. The van der Waals surface area contributed by atoms with Crippen LogP contribution in [0.25, 0.3) is 11.3 Å². The summed E-state index contributed by atoms with van der Waals surface area (Å²) in [7, 11) is 0. The zero-order chi connectivity index (χ0) is 9.97. The number of nitrogens with zero attached hydrogens (tertiary/aromatic N) is 2. The summed E-state index contributed by atoms with van der Waals surface area (Å²) in [5, 5.41) is 3.99. The van der Waals surface area contributed by atoms with Crippen LogP contribution in [0, 0.1) is 0 Å². The molecule has 0 aliphatic carbocycles. The Kier molecular flexibility index (Phi) is 2.31. The first kappa shape index (κ1) is 8.94. The van der Waals surface area contributed by atoms with Gasteiger partial charge in [-0.2, -0.15) is 0 Å². The number of pyridine rings is 1. The zero-order valence-electron chi connectivity index (χ0n) is 8.27. The van der Waals surface area contributed by atoms with Crippen molar-refractivity contribution in [3.63, 3.8) is 0 Å². The van der Waals surface area contributed by atoms with E-state index in [0.29, 0.717) is 5.92 Å². The van der Waals surface area contributed by atoms with Gasteiger partial charge in [0.05, 0.1) is 0 Å². The topological polar surface area (TPSA) is 38.9 Å². The maximum Gasteiger partial charge on any atom is 0.139 e. The van der Waals surface area contributed by atoms with Crippen molar-refractivity contribution in [2.75, 3.05) is 0 Å². The Hall–Kier alpha value is -1.64. The molecule has 3 nitrogen and oxygen atoms in total. The summed E-state index contributed by atoms with van der Waals surface area (Å²) in [5.41, 5.74) is 1.84. The molecule has 0 spiro atoms. The predicted octanol–water partition coefficient (Wildman–Crippen LogP) is 2.86. The molecule has 2 aromatic rings. The van der Waals surface area contributed by atoms with Crippen molar-refractivity contribution in [2.24, 2.45) is 0 Å². The van der Waals surface area contributed by atoms with E-state index in [1.807, 2.05) is 18.2 Å². The van der Waals surface area contributed by atoms with Gasteiger partial charge in [-0.05, 0) is 12.1 Å². The summed E-state index contributed by atoms with van der Waals surface area (Å²) in [6.07, 6.45) is 3.52. The van der Waals surface area contributed by atoms with Crippen LogP contribution >= 0.6 is 0 Å². The first-order chi connectivity index (χ1) is 6.77. The molecule has 0 aliphatic rings. The van der Waals surface area contributed by atoms with Crippen LogP contribution in [0.3, 0.4) is 0 Å². The highest BCUT2D eigenvalue weighted by Gasteiger charge is 2.08. The van der Waals surface area contributed by atoms with Crippen LogP contribution in [-0.4, -0.2) is 10.1 Å². The van der Waals surface area contributed by atoms with Gasteiger partial charge in [0, 0.05) is 29.9 Å². The fourth-order valence-corrected chi connectivity index (χ4v) is 1.21. The number of hydrogen-bond donors (Lipinski definition) is 0. The van der Waals surface area contributed by atoms with Crippen LogP contribution in [0.4, 0.5) is 0 Å². The number of rotatable bonds is 2. The first-order valence-electron chi connectivity index (χ1n) is 4.64. The van der Waals surface area contributed by atoms with E-state index in [1.165, 1.54) is 0 Å². The molecule has 0 saturated heterocycles. The average Bonchev–Trinajstić information content (AvgIpc) is 2.68. The second-order valence-corrected chi connectivity index (χ2v) is 3.51. The van der Waals surface area contributed by atoms with Crippen molar-refractivity contribution in [3.8, 4) is 11.3 Å². The Morgan fingerprint density at radius 2 is 2.21 bits per heavy atom. The third-order valence-electron chi connectivity index (χ3n) is 2.05. The summed E-state index contributed by atoms with van der Waals surface area (Å²) in [5.74, 6) is 1.27. The van der Waals surface area contributed by atoms with Gasteiger partial charge in [0.25, 0.3) is 0 Å². The molecule has 0 atom stereocenters. The minimum Gasteiger partial charge on any atom is -0.361 e. The molecule has 0 N–H and O–H groups in total. The first-order valence-corrected chi connectivity index (χ1v) is 4.64. The van der Waals surface area contributed by atoms with E-state index >= 15 is 0 Å². The summed E-state index contributed by atoms with van der Waals surface area (Å²) in [6, 6.07) is 5.82. The molecule has 0 saturated carbocycles. The number of hydrogen-bond acceptors (Lipinski definition) is 3. The van der Waals surface area contributed by atoms with E-state index in [1.54, 1.807) is 12.4 Å². The molecule has 0 aromatic carbocycles. The lowest BCUT2D eigenvalue weighted by atomic mass is 10.1. The SMILES string of the molecule is CC(C)c1cc(-c2cccnc2)no1. The second-order valence-electron chi connectivity index (χ2n) is 3.51. The highest BCUT2D eigenvalue weighted by molar-refractivity contribution is 5.57. The normalized spacial score (nSPS) is 10.8. The molecule has 3 heteroatoms. The van der Waals surface area contributed by atoms with Crippen LogP contribution in [0.1, 0.15) is 25.5 Å². The maximum absolute atomic E-state index is 5.20. The third-order valence-corrected chi connectivity index (χ3v) is 2.05. The van der Waals surface area contributed by atoms with Gasteiger partial charge in [-0.25, -0.2) is 0 Å². The molecule has 2 rings (SSSR count). The van der Waals surface area contributed by atoms with Gasteiger partial charge in [0.2, 0.25) is 0 Å². The molecule has 2 aromatic heterocycles. The van der Waals surface area contributed by atoms with Gasteiger partial charge in [0.1, 0.15) is 11.5 Å². The van der Waals surface area contributed by atoms with Crippen molar-refractivity contribution >= 4 is 0 Å². The summed E-state index contributed by atoms with van der Waals surface area (Å²) >= 11 is 0. The van der Waals surface area contributed by atoms with Crippen LogP contribution in [0.5, 0.6) is 0 Å². The molecule has 0 aliphatic heterocycles. The van der Waals surface area contributed by atoms with E-state index in [0.717, 1.165) is 17.0 Å². The molecule has 0 unspecified atom stereocenters. The Bertz CT molecular complexity index is 406. The maximum atomic E-state index is 5.20. The van der Waals surface area contributed by atoms with Crippen molar-refractivity contribution in [3.05, 3.63) is 36.4 Å². The smallest absolute Gasteiger partial charge is 0.139 e. The highest BCUT2D eigenvalue weighted by Crippen LogP contribution is 2.22. The van der Waals surface area contributed by atoms with Crippen LogP contribution in [0.2, 0.25) is 0 Å². The molecular formula is C11H12N2O. The molecule has 0 bridgehead atoms. The van der Waals surface area contributed by atoms with Crippen LogP contribution < -0.4 is 0 Å². The fraction of sp³-hybridized carbons (Fsp3) is 0.273. The largest absolute Gasteiger partial charge is 0.361 e. The van der Waals surface area contributed by atoms with Gasteiger partial charge >= 0.3 is 0 Å². The zero-order valence-corrected chi connectivity index (χ0v) is 8.27. The lowest BCUT2D eigenvalue weighted by Crippen LogP contribution is -1.80. The minimum atomic E-state index is 0.368. The van der Waals surface area contributed by atoms with Crippen molar-refractivity contribution in [1.29, 1.82) is 0 Å². The van der Waals surface area contributed by atoms with E-state index in [4.69, 9.17) is 4.52 Å². The second kappa shape index (κ2) is 3.62.